The van der Waals surface area contributed by atoms with Gasteiger partial charge in [0.05, 0.1) is 18.9 Å². The highest BCUT2D eigenvalue weighted by Crippen LogP contribution is 2.27. The molecule has 1 unspecified atom stereocenters. The summed E-state index contributed by atoms with van der Waals surface area (Å²) >= 11 is 0. The summed E-state index contributed by atoms with van der Waals surface area (Å²) in [4.78, 5) is 20.8. The molecular formula is C21H22N4O3. The second-order valence-electron chi connectivity index (χ2n) is 6.84. The molecule has 1 aromatic carbocycles. The number of nitrogen functional groups attached to an aromatic ring is 1. The monoisotopic (exact) mass is 378 g/mol. The average Bonchev–Trinajstić information content (AvgIpc) is 2.73. The van der Waals surface area contributed by atoms with Gasteiger partial charge < -0.3 is 20.5 Å². The van der Waals surface area contributed by atoms with Crippen LogP contribution in [0.2, 0.25) is 0 Å². The maximum atomic E-state index is 12.4. The predicted octanol–water partition coefficient (Wildman–Crippen LogP) is 3.27. The van der Waals surface area contributed by atoms with E-state index in [0.29, 0.717) is 29.8 Å². The lowest BCUT2D eigenvalue weighted by Gasteiger charge is -2.22. The fourth-order valence-corrected chi connectivity index (χ4v) is 3.28. The Labute approximate surface area is 162 Å². The Morgan fingerprint density at radius 1 is 1.25 bits per heavy atom. The number of benzene rings is 1. The Balaban J connectivity index is 1.50. The fraction of sp³-hybridized carbons (Fsp3) is 0.286. The summed E-state index contributed by atoms with van der Waals surface area (Å²) in [6.45, 7) is 2.16. The highest BCUT2D eigenvalue weighted by atomic mass is 16.5. The summed E-state index contributed by atoms with van der Waals surface area (Å²) < 4.78 is 11.5. The summed E-state index contributed by atoms with van der Waals surface area (Å²) in [5.74, 6) is 0.642. The Morgan fingerprint density at radius 3 is 3.00 bits per heavy atom. The van der Waals surface area contributed by atoms with Gasteiger partial charge >= 0.3 is 0 Å². The molecule has 1 amide bonds. The zero-order valence-electron chi connectivity index (χ0n) is 15.4. The lowest BCUT2D eigenvalue weighted by molar-refractivity contribution is 0.0347. The van der Waals surface area contributed by atoms with Gasteiger partial charge in [0.25, 0.3) is 5.91 Å². The number of nitrogens with zero attached hydrogens (tertiary/aromatic N) is 2. The molecular weight excluding hydrogens is 356 g/mol. The molecule has 3 aromatic rings. The van der Waals surface area contributed by atoms with Crippen LogP contribution in [0.15, 0.2) is 48.8 Å². The molecule has 0 radical (unpaired) electrons. The van der Waals surface area contributed by atoms with E-state index < -0.39 is 0 Å². The number of fused-ring (bicyclic) bond motifs is 1. The van der Waals surface area contributed by atoms with E-state index in [-0.39, 0.29) is 11.6 Å². The summed E-state index contributed by atoms with van der Waals surface area (Å²) in [6.07, 6.45) is 5.42. The number of aromatic nitrogens is 2. The number of amides is 1. The molecule has 7 heteroatoms. The summed E-state index contributed by atoms with van der Waals surface area (Å²) in [7, 11) is 0. The first-order chi connectivity index (χ1) is 13.7. The minimum Gasteiger partial charge on any atom is -0.477 e. The van der Waals surface area contributed by atoms with E-state index in [2.05, 4.69) is 15.3 Å². The normalized spacial score (nSPS) is 16.6. The number of carbonyl (C=O) groups is 1. The number of carbonyl (C=O) groups excluding carboxylic acids is 1. The molecule has 7 nitrogen and oxygen atoms in total. The van der Waals surface area contributed by atoms with Gasteiger partial charge in [-0.05, 0) is 54.6 Å². The van der Waals surface area contributed by atoms with Crippen LogP contribution in [0.1, 0.15) is 23.3 Å². The van der Waals surface area contributed by atoms with Crippen LogP contribution in [-0.4, -0.2) is 35.7 Å². The standard InChI is InChI=1S/C21H22N4O3/c22-18-4-1-8-23-19(18)20(26)25-16-5-6-17-15(11-16)7-9-24-21(17)28-13-14-3-2-10-27-12-14/h1,4-9,11,14H,2-3,10,12-13,22H2,(H,25,26). The summed E-state index contributed by atoms with van der Waals surface area (Å²) in [5.41, 5.74) is 7.02. The molecule has 144 valence electrons. The Bertz CT molecular complexity index is 986. The predicted molar refractivity (Wildman–Crippen MR) is 107 cm³/mol. The number of anilines is 2. The average molecular weight is 378 g/mol. The van der Waals surface area contributed by atoms with Crippen LogP contribution < -0.4 is 15.8 Å². The highest BCUT2D eigenvalue weighted by molar-refractivity contribution is 6.07. The van der Waals surface area contributed by atoms with Gasteiger partial charge in [0, 0.05) is 36.0 Å². The van der Waals surface area contributed by atoms with Gasteiger partial charge in [0.2, 0.25) is 5.88 Å². The van der Waals surface area contributed by atoms with Crippen molar-refractivity contribution in [1.82, 2.24) is 9.97 Å². The summed E-state index contributed by atoms with van der Waals surface area (Å²) in [6, 6.07) is 10.8. The van der Waals surface area contributed by atoms with Crippen molar-refractivity contribution in [2.75, 3.05) is 30.9 Å². The van der Waals surface area contributed by atoms with Gasteiger partial charge in [0.15, 0.2) is 5.69 Å². The van der Waals surface area contributed by atoms with Crippen LogP contribution >= 0.6 is 0 Å². The minimum atomic E-state index is -0.347. The van der Waals surface area contributed by atoms with Crippen LogP contribution in [0, 0.1) is 5.92 Å². The zero-order valence-corrected chi connectivity index (χ0v) is 15.4. The number of hydrogen-bond acceptors (Lipinski definition) is 6. The zero-order chi connectivity index (χ0) is 19.3. The van der Waals surface area contributed by atoms with Gasteiger partial charge in [-0.2, -0.15) is 0 Å². The maximum absolute atomic E-state index is 12.4. The van der Waals surface area contributed by atoms with E-state index in [1.54, 1.807) is 18.3 Å². The molecule has 3 N–H and O–H groups in total. The second-order valence-corrected chi connectivity index (χ2v) is 6.84. The van der Waals surface area contributed by atoms with E-state index in [1.807, 2.05) is 24.3 Å². The first-order valence-electron chi connectivity index (χ1n) is 9.32. The van der Waals surface area contributed by atoms with E-state index in [9.17, 15) is 4.79 Å². The minimum absolute atomic E-state index is 0.205. The smallest absolute Gasteiger partial charge is 0.276 e. The third-order valence-corrected chi connectivity index (χ3v) is 4.75. The molecule has 3 heterocycles. The van der Waals surface area contributed by atoms with Crippen LogP contribution in [0.5, 0.6) is 5.88 Å². The molecule has 1 fully saturated rings. The molecule has 1 saturated heterocycles. The van der Waals surface area contributed by atoms with Gasteiger partial charge in [-0.1, -0.05) is 0 Å². The lowest BCUT2D eigenvalue weighted by atomic mass is 10.0. The maximum Gasteiger partial charge on any atom is 0.276 e. The largest absolute Gasteiger partial charge is 0.477 e. The van der Waals surface area contributed by atoms with E-state index >= 15 is 0 Å². The van der Waals surface area contributed by atoms with Gasteiger partial charge in [0.1, 0.15) is 0 Å². The Morgan fingerprint density at radius 2 is 2.18 bits per heavy atom. The Hall–Kier alpha value is -3.19. The fourth-order valence-electron chi connectivity index (χ4n) is 3.28. The quantitative estimate of drug-likeness (QED) is 0.707. The van der Waals surface area contributed by atoms with Crippen molar-refractivity contribution in [3.8, 4) is 5.88 Å². The molecule has 28 heavy (non-hydrogen) atoms. The van der Waals surface area contributed by atoms with Gasteiger partial charge in [-0.25, -0.2) is 9.97 Å². The van der Waals surface area contributed by atoms with Crippen molar-refractivity contribution in [2.45, 2.75) is 12.8 Å². The van der Waals surface area contributed by atoms with Crippen molar-refractivity contribution in [3.05, 3.63) is 54.5 Å². The third kappa shape index (κ3) is 4.04. The Kier molecular flexibility index (Phi) is 5.34. The van der Waals surface area contributed by atoms with Crippen LogP contribution in [0.25, 0.3) is 10.8 Å². The highest BCUT2D eigenvalue weighted by Gasteiger charge is 2.16. The van der Waals surface area contributed by atoms with Crippen molar-refractivity contribution < 1.29 is 14.3 Å². The van der Waals surface area contributed by atoms with Crippen molar-refractivity contribution in [1.29, 1.82) is 0 Å². The molecule has 2 aromatic heterocycles. The number of ether oxygens (including phenoxy) is 2. The van der Waals surface area contributed by atoms with Gasteiger partial charge in [-0.15, -0.1) is 0 Å². The number of pyridine rings is 2. The SMILES string of the molecule is Nc1cccnc1C(=O)Nc1ccc2c(OCC3CCCOC3)nccc2c1. The van der Waals surface area contributed by atoms with Crippen molar-refractivity contribution in [3.63, 3.8) is 0 Å². The molecule has 1 atom stereocenters. The van der Waals surface area contributed by atoms with Crippen molar-refractivity contribution >= 4 is 28.1 Å². The van der Waals surface area contributed by atoms with Crippen LogP contribution in [-0.2, 0) is 4.74 Å². The molecule has 0 spiro atoms. The van der Waals surface area contributed by atoms with E-state index in [4.69, 9.17) is 15.2 Å². The molecule has 0 aliphatic carbocycles. The van der Waals surface area contributed by atoms with Gasteiger partial charge in [-0.3, -0.25) is 4.79 Å². The second kappa shape index (κ2) is 8.22. The number of nitrogens with two attached hydrogens (primary N) is 1. The first-order valence-corrected chi connectivity index (χ1v) is 9.32. The molecule has 1 aliphatic rings. The van der Waals surface area contributed by atoms with Crippen LogP contribution in [0.3, 0.4) is 0 Å². The molecule has 4 rings (SSSR count). The summed E-state index contributed by atoms with van der Waals surface area (Å²) in [5, 5.41) is 4.66. The number of hydrogen-bond donors (Lipinski definition) is 2. The lowest BCUT2D eigenvalue weighted by Crippen LogP contribution is -2.23. The van der Waals surface area contributed by atoms with Crippen molar-refractivity contribution in [2.24, 2.45) is 5.92 Å². The molecule has 1 aliphatic heterocycles. The third-order valence-electron chi connectivity index (χ3n) is 4.75. The topological polar surface area (TPSA) is 99.4 Å². The number of rotatable bonds is 5. The molecule has 0 saturated carbocycles. The van der Waals surface area contributed by atoms with E-state index in [1.165, 1.54) is 6.20 Å². The number of nitrogens with one attached hydrogen (secondary N) is 1. The van der Waals surface area contributed by atoms with E-state index in [0.717, 1.165) is 36.8 Å². The molecule has 0 bridgehead atoms. The first kappa shape index (κ1) is 18.2. The van der Waals surface area contributed by atoms with Crippen LogP contribution in [0.4, 0.5) is 11.4 Å².